The predicted octanol–water partition coefficient (Wildman–Crippen LogP) is 3.07. The van der Waals surface area contributed by atoms with Crippen LogP contribution in [0.3, 0.4) is 0 Å². The molecule has 0 fully saturated rings. The summed E-state index contributed by atoms with van der Waals surface area (Å²) in [6.45, 7) is 0.188. The van der Waals surface area contributed by atoms with Gasteiger partial charge in [0.1, 0.15) is 5.01 Å². The molecule has 1 N–H and O–H groups in total. The molecular formula is C12H13NOS2. The van der Waals surface area contributed by atoms with Crippen LogP contribution in [0.1, 0.15) is 4.88 Å². The van der Waals surface area contributed by atoms with E-state index in [0.717, 1.165) is 15.4 Å². The summed E-state index contributed by atoms with van der Waals surface area (Å²) in [4.78, 5) is 6.75. The highest BCUT2D eigenvalue weighted by molar-refractivity contribution is 7.98. The predicted molar refractivity (Wildman–Crippen MR) is 70.1 cm³/mol. The van der Waals surface area contributed by atoms with Gasteiger partial charge in [-0.3, -0.25) is 0 Å². The van der Waals surface area contributed by atoms with Gasteiger partial charge in [-0.15, -0.1) is 23.1 Å². The van der Waals surface area contributed by atoms with E-state index in [2.05, 4.69) is 35.5 Å². The average molecular weight is 251 g/mol. The van der Waals surface area contributed by atoms with Crippen LogP contribution in [0.5, 0.6) is 0 Å². The number of nitrogens with zero attached hydrogens (tertiary/aromatic N) is 1. The van der Waals surface area contributed by atoms with Gasteiger partial charge in [0.05, 0.1) is 0 Å². The van der Waals surface area contributed by atoms with Crippen molar-refractivity contribution in [1.29, 1.82) is 0 Å². The third-order valence-corrected chi connectivity index (χ3v) is 4.10. The van der Waals surface area contributed by atoms with Gasteiger partial charge in [0, 0.05) is 34.6 Å². The van der Waals surface area contributed by atoms with Gasteiger partial charge in [0.25, 0.3) is 0 Å². The molecule has 0 aliphatic rings. The Morgan fingerprint density at radius 1 is 1.31 bits per heavy atom. The van der Waals surface area contributed by atoms with E-state index < -0.39 is 0 Å². The van der Waals surface area contributed by atoms with E-state index in [4.69, 9.17) is 5.11 Å². The molecule has 1 heterocycles. The van der Waals surface area contributed by atoms with Crippen molar-refractivity contribution in [3.63, 3.8) is 0 Å². The maximum atomic E-state index is 8.84. The molecular weight excluding hydrogens is 238 g/mol. The van der Waals surface area contributed by atoms with Gasteiger partial charge in [0.2, 0.25) is 0 Å². The van der Waals surface area contributed by atoms with Crippen molar-refractivity contribution in [2.24, 2.45) is 0 Å². The molecule has 1 aromatic heterocycles. The van der Waals surface area contributed by atoms with E-state index in [0.29, 0.717) is 6.42 Å². The van der Waals surface area contributed by atoms with Crippen molar-refractivity contribution in [3.05, 3.63) is 35.3 Å². The number of aliphatic hydroxyl groups excluding tert-OH is 1. The molecule has 0 radical (unpaired) electrons. The highest BCUT2D eigenvalue weighted by Gasteiger charge is 2.04. The van der Waals surface area contributed by atoms with Gasteiger partial charge in [0.15, 0.2) is 0 Å². The van der Waals surface area contributed by atoms with E-state index in [1.807, 2.05) is 6.20 Å². The Morgan fingerprint density at radius 2 is 2.06 bits per heavy atom. The number of benzene rings is 1. The number of aliphatic hydroxyl groups is 1. The Labute approximate surface area is 103 Å². The van der Waals surface area contributed by atoms with Gasteiger partial charge in [-0.2, -0.15) is 0 Å². The molecule has 0 atom stereocenters. The lowest BCUT2D eigenvalue weighted by Gasteiger charge is -1.98. The van der Waals surface area contributed by atoms with E-state index in [-0.39, 0.29) is 6.61 Å². The molecule has 2 aromatic rings. The number of aromatic nitrogens is 1. The number of thiazole rings is 1. The van der Waals surface area contributed by atoms with E-state index in [9.17, 15) is 0 Å². The largest absolute Gasteiger partial charge is 0.396 e. The molecule has 2 rings (SSSR count). The van der Waals surface area contributed by atoms with Crippen LogP contribution in [0, 0.1) is 0 Å². The number of hydrogen-bond donors (Lipinski definition) is 1. The first-order chi connectivity index (χ1) is 7.83. The highest BCUT2D eigenvalue weighted by Crippen LogP contribution is 2.27. The monoisotopic (exact) mass is 251 g/mol. The second kappa shape index (κ2) is 5.48. The number of rotatable bonds is 4. The molecule has 0 aliphatic carbocycles. The SMILES string of the molecule is CSc1ccc(-c2ncc(CCO)s2)cc1. The summed E-state index contributed by atoms with van der Waals surface area (Å²) < 4.78 is 0. The zero-order valence-corrected chi connectivity index (χ0v) is 10.6. The normalized spacial score (nSPS) is 10.6. The molecule has 1 aromatic carbocycles. The molecule has 0 bridgehead atoms. The maximum Gasteiger partial charge on any atom is 0.123 e. The molecule has 0 aliphatic heterocycles. The maximum absolute atomic E-state index is 8.84. The summed E-state index contributed by atoms with van der Waals surface area (Å²) in [5.74, 6) is 0. The van der Waals surface area contributed by atoms with Gasteiger partial charge in [-0.25, -0.2) is 4.98 Å². The van der Waals surface area contributed by atoms with Crippen LogP contribution in [0.2, 0.25) is 0 Å². The smallest absolute Gasteiger partial charge is 0.123 e. The summed E-state index contributed by atoms with van der Waals surface area (Å²) in [5.41, 5.74) is 1.15. The van der Waals surface area contributed by atoms with Gasteiger partial charge in [-0.05, 0) is 18.4 Å². The first-order valence-electron chi connectivity index (χ1n) is 5.03. The summed E-state index contributed by atoms with van der Waals surface area (Å²) >= 11 is 3.38. The fourth-order valence-electron chi connectivity index (χ4n) is 1.40. The highest BCUT2D eigenvalue weighted by atomic mass is 32.2. The van der Waals surface area contributed by atoms with Crippen LogP contribution in [-0.4, -0.2) is 23.0 Å². The van der Waals surface area contributed by atoms with Crippen molar-refractivity contribution in [2.45, 2.75) is 11.3 Å². The molecule has 0 saturated carbocycles. The van der Waals surface area contributed by atoms with Gasteiger partial charge >= 0.3 is 0 Å². The molecule has 0 amide bonds. The second-order valence-corrected chi connectivity index (χ2v) is 5.33. The average Bonchev–Trinajstić information content (AvgIpc) is 2.78. The number of hydrogen-bond acceptors (Lipinski definition) is 4. The molecule has 0 unspecified atom stereocenters. The van der Waals surface area contributed by atoms with Crippen molar-refractivity contribution in [3.8, 4) is 10.6 Å². The standard InChI is InChI=1S/C12H13NOS2/c1-15-10-4-2-9(3-5-10)12-13-8-11(16-12)6-7-14/h2-5,8,14H,6-7H2,1H3. The lowest BCUT2D eigenvalue weighted by Crippen LogP contribution is -1.84. The lowest BCUT2D eigenvalue weighted by molar-refractivity contribution is 0.300. The van der Waals surface area contributed by atoms with Crippen LogP contribution in [0.25, 0.3) is 10.6 Å². The molecule has 4 heteroatoms. The lowest BCUT2D eigenvalue weighted by atomic mass is 10.2. The Balaban J connectivity index is 2.21. The van der Waals surface area contributed by atoms with E-state index in [1.54, 1.807) is 23.1 Å². The summed E-state index contributed by atoms with van der Waals surface area (Å²) in [7, 11) is 0. The first-order valence-corrected chi connectivity index (χ1v) is 7.07. The minimum absolute atomic E-state index is 0.188. The molecule has 84 valence electrons. The van der Waals surface area contributed by atoms with Crippen LogP contribution >= 0.6 is 23.1 Å². The molecule has 16 heavy (non-hydrogen) atoms. The summed E-state index contributed by atoms with van der Waals surface area (Å²) in [6.07, 6.45) is 4.61. The Morgan fingerprint density at radius 3 is 2.69 bits per heavy atom. The first kappa shape index (κ1) is 11.6. The van der Waals surface area contributed by atoms with Crippen molar-refractivity contribution >= 4 is 23.1 Å². The molecule has 2 nitrogen and oxygen atoms in total. The summed E-state index contributed by atoms with van der Waals surface area (Å²) in [6, 6.07) is 8.39. The Bertz CT molecular complexity index is 450. The second-order valence-electron chi connectivity index (χ2n) is 3.33. The van der Waals surface area contributed by atoms with Gasteiger partial charge < -0.3 is 5.11 Å². The zero-order chi connectivity index (χ0) is 11.4. The van der Waals surface area contributed by atoms with Crippen LogP contribution < -0.4 is 0 Å². The topological polar surface area (TPSA) is 33.1 Å². The zero-order valence-electron chi connectivity index (χ0n) is 9.01. The minimum atomic E-state index is 0.188. The third-order valence-electron chi connectivity index (χ3n) is 2.25. The molecule has 0 saturated heterocycles. The van der Waals surface area contributed by atoms with Crippen LogP contribution in [0.4, 0.5) is 0 Å². The Hall–Kier alpha value is -0.840. The Kier molecular flexibility index (Phi) is 3.98. The third kappa shape index (κ3) is 2.64. The van der Waals surface area contributed by atoms with Crippen molar-refractivity contribution in [2.75, 3.05) is 12.9 Å². The van der Waals surface area contributed by atoms with E-state index >= 15 is 0 Å². The quantitative estimate of drug-likeness (QED) is 0.848. The van der Waals surface area contributed by atoms with E-state index in [1.165, 1.54) is 4.90 Å². The summed E-state index contributed by atoms with van der Waals surface area (Å²) in [5, 5.41) is 9.87. The van der Waals surface area contributed by atoms with Crippen LogP contribution in [0.15, 0.2) is 35.4 Å². The van der Waals surface area contributed by atoms with Crippen molar-refractivity contribution < 1.29 is 5.11 Å². The fraction of sp³-hybridized carbons (Fsp3) is 0.250. The van der Waals surface area contributed by atoms with Crippen LogP contribution in [-0.2, 0) is 6.42 Å². The fourth-order valence-corrected chi connectivity index (χ4v) is 2.72. The number of thioether (sulfide) groups is 1. The van der Waals surface area contributed by atoms with Gasteiger partial charge in [-0.1, -0.05) is 12.1 Å². The minimum Gasteiger partial charge on any atom is -0.396 e. The molecule has 0 spiro atoms. The van der Waals surface area contributed by atoms with Crippen molar-refractivity contribution in [1.82, 2.24) is 4.98 Å².